The van der Waals surface area contributed by atoms with E-state index in [2.05, 4.69) is 20.9 Å². The first kappa shape index (κ1) is 33.6. The lowest BCUT2D eigenvalue weighted by Crippen LogP contribution is -2.57. The molecule has 246 valence electrons. The zero-order chi connectivity index (χ0) is 33.0. The van der Waals surface area contributed by atoms with E-state index in [-0.39, 0.29) is 52.0 Å². The molecule has 0 aliphatic carbocycles. The van der Waals surface area contributed by atoms with Gasteiger partial charge in [0.25, 0.3) is 0 Å². The maximum absolute atomic E-state index is 15.3. The highest BCUT2D eigenvalue weighted by Gasteiger charge is 2.38. The Morgan fingerprint density at radius 2 is 1.93 bits per heavy atom. The van der Waals surface area contributed by atoms with Gasteiger partial charge in [0, 0.05) is 48.5 Å². The number of hydrogen-bond acceptors (Lipinski definition) is 7. The van der Waals surface area contributed by atoms with Crippen LogP contribution in [0.25, 0.3) is 0 Å². The number of anilines is 1. The molecule has 0 spiro atoms. The van der Waals surface area contributed by atoms with Gasteiger partial charge in [-0.2, -0.15) is 4.31 Å². The van der Waals surface area contributed by atoms with Crippen LogP contribution in [-0.2, 0) is 26.0 Å². The predicted molar refractivity (Wildman–Crippen MR) is 165 cm³/mol. The summed E-state index contributed by atoms with van der Waals surface area (Å²) in [5.41, 5.74) is 0.496. The third-order valence-electron chi connectivity index (χ3n) is 8.33. The van der Waals surface area contributed by atoms with Crippen molar-refractivity contribution in [1.29, 1.82) is 0 Å². The molecule has 5 atom stereocenters. The summed E-state index contributed by atoms with van der Waals surface area (Å²) < 4.78 is 76.4. The molecule has 2 aliphatic heterocycles. The zero-order valence-electron chi connectivity index (χ0n) is 24.8. The highest BCUT2D eigenvalue weighted by Crippen LogP contribution is 2.32. The molecule has 1 aromatic heterocycles. The van der Waals surface area contributed by atoms with Crippen molar-refractivity contribution in [1.82, 2.24) is 19.9 Å². The molecule has 5 rings (SSSR count). The van der Waals surface area contributed by atoms with Crippen LogP contribution in [0.4, 0.5) is 23.7 Å². The van der Waals surface area contributed by atoms with E-state index in [1.165, 1.54) is 40.8 Å². The topological polar surface area (TPSA) is 130 Å². The molecule has 5 unspecified atom stereocenters. The predicted octanol–water partition coefficient (Wildman–Crippen LogP) is 4.35. The molecule has 2 fully saturated rings. The molecule has 2 bridgehead atoms. The van der Waals surface area contributed by atoms with Crippen LogP contribution in [0, 0.1) is 17.5 Å². The standard InChI is InChI=1S/C31H33ClF3N5O5S/c1-45-31(42)39-29(28(19-12-20(33)15-36-14-19)18-7-10-24(32)26(35)13-18)30(41)38-27-6-2-5-25(34)23(27)9-8-22-16-37-21-4-3-11-46(43,44)40(22)17-21/h2,5-7,10,12-15,21-22,28-29,37H,3-4,8-9,11,16-17H2,1H3,(H,38,41)(H,39,42). The van der Waals surface area contributed by atoms with Gasteiger partial charge in [0.2, 0.25) is 15.9 Å². The van der Waals surface area contributed by atoms with E-state index in [0.29, 0.717) is 19.5 Å². The number of rotatable bonds is 9. The number of benzene rings is 2. The van der Waals surface area contributed by atoms with Crippen molar-refractivity contribution in [3.8, 4) is 0 Å². The number of amides is 2. The van der Waals surface area contributed by atoms with Gasteiger partial charge in [0.1, 0.15) is 23.5 Å². The number of carbonyl (C=O) groups excluding carboxylic acids is 2. The smallest absolute Gasteiger partial charge is 0.407 e. The third-order valence-corrected chi connectivity index (χ3v) is 10.6. The lowest BCUT2D eigenvalue weighted by atomic mass is 9.85. The summed E-state index contributed by atoms with van der Waals surface area (Å²) in [5, 5.41) is 8.30. The minimum Gasteiger partial charge on any atom is -0.453 e. The van der Waals surface area contributed by atoms with Gasteiger partial charge in [-0.1, -0.05) is 23.7 Å². The quantitative estimate of drug-likeness (QED) is 0.307. The summed E-state index contributed by atoms with van der Waals surface area (Å²) in [5.74, 6) is -4.16. The Labute approximate surface area is 269 Å². The number of carbonyl (C=O) groups is 2. The first-order chi connectivity index (χ1) is 22.0. The van der Waals surface area contributed by atoms with Gasteiger partial charge in [-0.05, 0) is 67.1 Å². The van der Waals surface area contributed by atoms with Crippen molar-refractivity contribution in [3.05, 3.63) is 94.0 Å². The van der Waals surface area contributed by atoms with Crippen molar-refractivity contribution in [2.24, 2.45) is 0 Å². The van der Waals surface area contributed by atoms with Gasteiger partial charge < -0.3 is 20.7 Å². The monoisotopic (exact) mass is 679 g/mol. The molecular weight excluding hydrogens is 647 g/mol. The molecule has 0 saturated carbocycles. The Morgan fingerprint density at radius 1 is 1.13 bits per heavy atom. The second kappa shape index (κ2) is 14.4. The van der Waals surface area contributed by atoms with Crippen LogP contribution in [0.5, 0.6) is 0 Å². The lowest BCUT2D eigenvalue weighted by molar-refractivity contribution is -0.118. The second-order valence-corrected chi connectivity index (χ2v) is 13.7. The average Bonchev–Trinajstić information content (AvgIpc) is 3.13. The SMILES string of the molecule is COC(=O)NC(C(=O)Nc1cccc(F)c1CCC1CNC2CCCS(=O)(=O)N1C2)C(c1cncc(F)c1)c1ccc(Cl)c(F)c1. The van der Waals surface area contributed by atoms with Gasteiger partial charge >= 0.3 is 6.09 Å². The van der Waals surface area contributed by atoms with Crippen molar-refractivity contribution in [2.75, 3.05) is 31.3 Å². The summed E-state index contributed by atoms with van der Waals surface area (Å²) in [6.07, 6.45) is 2.88. The Morgan fingerprint density at radius 3 is 2.67 bits per heavy atom. The van der Waals surface area contributed by atoms with Crippen LogP contribution in [0.3, 0.4) is 0 Å². The van der Waals surface area contributed by atoms with E-state index in [1.54, 1.807) is 0 Å². The average molecular weight is 680 g/mol. The van der Waals surface area contributed by atoms with Gasteiger partial charge in [0.15, 0.2) is 0 Å². The maximum Gasteiger partial charge on any atom is 0.407 e. The molecule has 2 aliphatic rings. The number of piperazine rings is 1. The molecule has 2 saturated heterocycles. The molecule has 15 heteroatoms. The number of halogens is 4. The largest absolute Gasteiger partial charge is 0.453 e. The molecule has 3 heterocycles. The van der Waals surface area contributed by atoms with Crippen molar-refractivity contribution < 1.29 is 35.9 Å². The molecule has 46 heavy (non-hydrogen) atoms. The van der Waals surface area contributed by atoms with E-state index in [4.69, 9.17) is 16.3 Å². The summed E-state index contributed by atoms with van der Waals surface area (Å²) in [7, 11) is -2.38. The van der Waals surface area contributed by atoms with Crippen molar-refractivity contribution >= 4 is 39.3 Å². The summed E-state index contributed by atoms with van der Waals surface area (Å²) in [4.78, 5) is 30.3. The van der Waals surface area contributed by atoms with Crippen molar-refractivity contribution in [2.45, 2.75) is 49.7 Å². The van der Waals surface area contributed by atoms with E-state index < -0.39 is 57.5 Å². The number of nitrogens with zero attached hydrogens (tertiary/aromatic N) is 2. The van der Waals surface area contributed by atoms with Crippen LogP contribution in [0.1, 0.15) is 41.9 Å². The zero-order valence-corrected chi connectivity index (χ0v) is 26.4. The normalized spacial score (nSPS) is 21.8. The molecule has 3 N–H and O–H groups in total. The van der Waals surface area contributed by atoms with Crippen LogP contribution >= 0.6 is 11.6 Å². The van der Waals surface area contributed by atoms with Crippen LogP contribution in [0.2, 0.25) is 5.02 Å². The number of nitrogens with one attached hydrogen (secondary N) is 3. The van der Waals surface area contributed by atoms with Gasteiger partial charge in [-0.15, -0.1) is 0 Å². The number of alkyl carbamates (subject to hydrolysis) is 1. The molecule has 10 nitrogen and oxygen atoms in total. The lowest BCUT2D eigenvalue weighted by Gasteiger charge is -2.37. The van der Waals surface area contributed by atoms with E-state index in [1.807, 2.05) is 0 Å². The number of sulfonamides is 1. The molecule has 2 aromatic carbocycles. The van der Waals surface area contributed by atoms with E-state index >= 15 is 4.39 Å². The maximum atomic E-state index is 15.3. The number of pyridine rings is 1. The number of ether oxygens (including phenoxy) is 1. The molecule has 2 amide bonds. The minimum absolute atomic E-state index is 0.0524. The molecule has 0 radical (unpaired) electrons. The Hall–Kier alpha value is -3.72. The van der Waals surface area contributed by atoms with E-state index in [0.717, 1.165) is 31.9 Å². The molecule has 3 aromatic rings. The number of aromatic nitrogens is 1. The highest BCUT2D eigenvalue weighted by molar-refractivity contribution is 7.89. The Bertz CT molecular complexity index is 1720. The summed E-state index contributed by atoms with van der Waals surface area (Å²) in [6.45, 7) is 0.753. The summed E-state index contributed by atoms with van der Waals surface area (Å²) >= 11 is 5.89. The number of methoxy groups -OCH3 is 1. The van der Waals surface area contributed by atoms with Gasteiger partial charge in [0.05, 0.1) is 24.1 Å². The van der Waals surface area contributed by atoms with Crippen LogP contribution < -0.4 is 16.0 Å². The Kier molecular flexibility index (Phi) is 10.5. The van der Waals surface area contributed by atoms with Crippen LogP contribution in [0.15, 0.2) is 54.9 Å². The fourth-order valence-corrected chi connectivity index (χ4v) is 7.99. The van der Waals surface area contributed by atoms with Gasteiger partial charge in [-0.3, -0.25) is 9.78 Å². The second-order valence-electron chi connectivity index (χ2n) is 11.3. The summed E-state index contributed by atoms with van der Waals surface area (Å²) in [6, 6.07) is 7.05. The first-order valence-corrected chi connectivity index (χ1v) is 16.7. The first-order valence-electron chi connectivity index (χ1n) is 14.7. The minimum atomic E-state index is -3.47. The highest BCUT2D eigenvalue weighted by atomic mass is 35.5. The fourth-order valence-electron chi connectivity index (χ4n) is 6.06. The van der Waals surface area contributed by atoms with Crippen molar-refractivity contribution in [3.63, 3.8) is 0 Å². The number of hydrogen-bond donors (Lipinski definition) is 3. The third kappa shape index (κ3) is 7.63. The molecular formula is C31H33ClF3N5O5S. The number of fused-ring (bicyclic) bond motifs is 2. The Balaban J connectivity index is 1.46. The fraction of sp³-hybridized carbons (Fsp3) is 0.387. The van der Waals surface area contributed by atoms with Gasteiger partial charge in [-0.25, -0.2) is 26.4 Å². The van der Waals surface area contributed by atoms with E-state index in [9.17, 15) is 26.8 Å². The van der Waals surface area contributed by atoms with Crippen LogP contribution in [-0.4, -0.2) is 73.8 Å².